The van der Waals surface area contributed by atoms with Gasteiger partial charge in [-0.3, -0.25) is 23.7 Å². The van der Waals surface area contributed by atoms with Crippen LogP contribution >= 0.6 is 0 Å². The Kier molecular flexibility index (Phi) is 7.14. The summed E-state index contributed by atoms with van der Waals surface area (Å²) >= 11 is 0. The van der Waals surface area contributed by atoms with Crippen LogP contribution < -0.4 is 16.2 Å². The highest BCUT2D eigenvalue weighted by atomic mass is 16.5. The fourth-order valence-electron chi connectivity index (χ4n) is 3.31. The molecule has 5 N–H and O–H groups in total. The first kappa shape index (κ1) is 22.9. The molecule has 2 aromatic heterocycles. The van der Waals surface area contributed by atoms with Crippen LogP contribution in [-0.2, 0) is 23.9 Å². The quantitative estimate of drug-likeness (QED) is 0.271. The molecule has 0 aromatic carbocycles. The zero-order valence-corrected chi connectivity index (χ0v) is 16.8. The molecule has 3 rings (SSSR count). The molecule has 1 aliphatic heterocycles. The molecule has 0 bridgehead atoms. The first-order valence-electron chi connectivity index (χ1n) is 9.83. The van der Waals surface area contributed by atoms with Crippen LogP contribution in [0.3, 0.4) is 0 Å². The average molecular weight is 450 g/mol. The number of nitrogens with zero attached hydrogens (tertiary/aromatic N) is 3. The van der Waals surface area contributed by atoms with E-state index >= 15 is 0 Å². The number of carboxylic acid groups (broad SMARTS) is 2. The summed E-state index contributed by atoms with van der Waals surface area (Å²) in [5, 5.41) is 22.4. The molecule has 14 heteroatoms. The van der Waals surface area contributed by atoms with Gasteiger partial charge in [0.05, 0.1) is 19.1 Å². The summed E-state index contributed by atoms with van der Waals surface area (Å²) in [5.74, 6) is -3.77. The van der Waals surface area contributed by atoms with E-state index in [0.717, 1.165) is 0 Å². The monoisotopic (exact) mass is 450 g/mol. The van der Waals surface area contributed by atoms with Crippen LogP contribution in [0.5, 0.6) is 0 Å². The Labute approximate surface area is 180 Å². The molecule has 3 atom stereocenters. The Morgan fingerprint density at radius 2 is 2.03 bits per heavy atom. The molecular weight excluding hydrogens is 428 g/mol. The number of imidazole rings is 1. The highest BCUT2D eigenvalue weighted by Gasteiger charge is 2.32. The number of aliphatic carboxylic acids is 2. The number of amides is 2. The zero-order chi connectivity index (χ0) is 23.3. The lowest BCUT2D eigenvalue weighted by atomic mass is 10.2. The second-order valence-corrected chi connectivity index (χ2v) is 7.16. The number of aromatic nitrogens is 4. The van der Waals surface area contributed by atoms with E-state index in [2.05, 4.69) is 25.6 Å². The van der Waals surface area contributed by atoms with Crippen molar-refractivity contribution in [2.24, 2.45) is 0 Å². The molecule has 2 amide bonds. The molecule has 1 saturated heterocycles. The number of aromatic amines is 1. The lowest BCUT2D eigenvalue weighted by Gasteiger charge is -2.15. The topological polar surface area (TPSA) is 206 Å². The van der Waals surface area contributed by atoms with Gasteiger partial charge < -0.3 is 30.6 Å². The zero-order valence-electron chi connectivity index (χ0n) is 16.8. The normalized spacial score (nSPS) is 18.9. The number of carbonyl (C=O) groups excluding carboxylic acids is 2. The minimum absolute atomic E-state index is 0.0843. The van der Waals surface area contributed by atoms with Gasteiger partial charge in [-0.15, -0.1) is 0 Å². The van der Waals surface area contributed by atoms with Crippen molar-refractivity contribution in [1.29, 1.82) is 0 Å². The molecule has 14 nitrogen and oxygen atoms in total. The van der Waals surface area contributed by atoms with Crippen molar-refractivity contribution >= 4 is 34.9 Å². The van der Waals surface area contributed by atoms with Gasteiger partial charge in [-0.25, -0.2) is 14.8 Å². The van der Waals surface area contributed by atoms with E-state index in [4.69, 9.17) is 14.9 Å². The Hall–Kier alpha value is -3.81. The second kappa shape index (κ2) is 10.00. The largest absolute Gasteiger partial charge is 0.481 e. The molecule has 32 heavy (non-hydrogen) atoms. The van der Waals surface area contributed by atoms with Crippen LogP contribution in [0.4, 0.5) is 0 Å². The molecular formula is C18H22N6O8. The van der Waals surface area contributed by atoms with E-state index in [1.807, 2.05) is 0 Å². The van der Waals surface area contributed by atoms with Crippen LogP contribution in [0.25, 0.3) is 11.2 Å². The van der Waals surface area contributed by atoms with Gasteiger partial charge in [0.1, 0.15) is 18.4 Å². The van der Waals surface area contributed by atoms with Crippen LogP contribution in [0.1, 0.15) is 38.3 Å². The first-order valence-corrected chi connectivity index (χ1v) is 9.83. The fourth-order valence-corrected chi connectivity index (χ4v) is 3.31. The number of rotatable bonds is 10. The molecule has 1 fully saturated rings. The maximum absolute atomic E-state index is 12.3. The van der Waals surface area contributed by atoms with Crippen molar-refractivity contribution in [2.45, 2.75) is 50.5 Å². The number of carboxylic acids is 2. The number of H-pyrrole nitrogens is 1. The van der Waals surface area contributed by atoms with Crippen molar-refractivity contribution in [1.82, 2.24) is 30.2 Å². The molecule has 0 saturated carbocycles. The minimum atomic E-state index is -1.51. The van der Waals surface area contributed by atoms with Gasteiger partial charge in [0.2, 0.25) is 11.8 Å². The molecule has 1 aliphatic rings. The maximum Gasteiger partial charge on any atom is 0.326 e. The lowest BCUT2D eigenvalue weighted by molar-refractivity contribution is -0.147. The van der Waals surface area contributed by atoms with E-state index in [9.17, 15) is 24.0 Å². The van der Waals surface area contributed by atoms with Crippen molar-refractivity contribution in [3.8, 4) is 0 Å². The summed E-state index contributed by atoms with van der Waals surface area (Å²) in [6, 6.07) is -1.51. The van der Waals surface area contributed by atoms with Crippen LogP contribution in [-0.4, -0.2) is 72.2 Å². The third-order valence-electron chi connectivity index (χ3n) is 4.86. The fraction of sp³-hybridized carbons (Fsp3) is 0.500. The van der Waals surface area contributed by atoms with Gasteiger partial charge in [-0.05, 0) is 19.3 Å². The van der Waals surface area contributed by atoms with E-state index in [1.165, 1.54) is 12.7 Å². The lowest BCUT2D eigenvalue weighted by Crippen LogP contribution is -2.42. The summed E-state index contributed by atoms with van der Waals surface area (Å²) < 4.78 is 7.36. The number of hydrogen-bond donors (Lipinski definition) is 5. The first-order chi connectivity index (χ1) is 15.3. The number of nitrogens with one attached hydrogen (secondary N) is 3. The molecule has 3 heterocycles. The summed E-state index contributed by atoms with van der Waals surface area (Å²) in [4.78, 5) is 68.0. The summed E-state index contributed by atoms with van der Waals surface area (Å²) in [5.41, 5.74) is 0.159. The van der Waals surface area contributed by atoms with Crippen molar-refractivity contribution < 1.29 is 34.1 Å². The number of hydrogen-bond acceptors (Lipinski definition) is 8. The Morgan fingerprint density at radius 3 is 2.75 bits per heavy atom. The van der Waals surface area contributed by atoms with Gasteiger partial charge in [0, 0.05) is 13.0 Å². The molecule has 1 unspecified atom stereocenters. The third-order valence-corrected chi connectivity index (χ3v) is 4.86. The number of carbonyl (C=O) groups is 4. The molecule has 0 aliphatic carbocycles. The molecule has 0 radical (unpaired) electrons. The van der Waals surface area contributed by atoms with E-state index in [0.29, 0.717) is 18.5 Å². The Morgan fingerprint density at radius 1 is 1.25 bits per heavy atom. The highest BCUT2D eigenvalue weighted by Crippen LogP contribution is 2.29. The Bertz CT molecular complexity index is 1080. The van der Waals surface area contributed by atoms with E-state index < -0.39 is 42.6 Å². The number of ether oxygens (including phenoxy) is 1. The van der Waals surface area contributed by atoms with Crippen LogP contribution in [0.15, 0.2) is 17.4 Å². The molecule has 0 spiro atoms. The molecule has 2 aromatic rings. The van der Waals surface area contributed by atoms with Gasteiger partial charge in [-0.1, -0.05) is 0 Å². The molecule has 172 valence electrons. The second-order valence-electron chi connectivity index (χ2n) is 7.16. The van der Waals surface area contributed by atoms with Gasteiger partial charge in [0.25, 0.3) is 5.56 Å². The van der Waals surface area contributed by atoms with Crippen molar-refractivity contribution in [2.75, 3.05) is 6.54 Å². The minimum Gasteiger partial charge on any atom is -0.481 e. The average Bonchev–Trinajstić information content (AvgIpc) is 3.38. The van der Waals surface area contributed by atoms with Gasteiger partial charge in [-0.2, -0.15) is 0 Å². The van der Waals surface area contributed by atoms with Crippen molar-refractivity contribution in [3.05, 3.63) is 23.0 Å². The van der Waals surface area contributed by atoms with Crippen molar-refractivity contribution in [3.63, 3.8) is 0 Å². The smallest absolute Gasteiger partial charge is 0.326 e. The Balaban J connectivity index is 1.42. The predicted octanol–water partition coefficient (Wildman–Crippen LogP) is -1.26. The maximum atomic E-state index is 12.3. The third kappa shape index (κ3) is 5.46. The SMILES string of the molecule is O=C(O)CC(NC(=O)CCCNC(=O)[C@@H]1CC[C@H](n2cnc3c(=O)[nH]cnc32)O1)C(=O)O. The van der Waals surface area contributed by atoms with Crippen LogP contribution in [0.2, 0.25) is 0 Å². The standard InChI is InChI=1S/C18H22N6O8/c25-11(23-9(18(30)31)6-13(26)27)2-1-5-19-16(28)10-3-4-12(32-10)24-8-22-14-15(24)20-7-21-17(14)29/h7-10,12H,1-6H2,(H,19,28)(H,23,25)(H,26,27)(H,30,31)(H,20,21,29)/t9?,10-,12+/m0/s1. The van der Waals surface area contributed by atoms with E-state index in [-0.39, 0.29) is 36.4 Å². The summed E-state index contributed by atoms with van der Waals surface area (Å²) in [6.07, 6.45) is 1.84. The number of fused-ring (bicyclic) bond motifs is 1. The summed E-state index contributed by atoms with van der Waals surface area (Å²) in [7, 11) is 0. The van der Waals surface area contributed by atoms with Gasteiger partial charge in [0.15, 0.2) is 11.2 Å². The van der Waals surface area contributed by atoms with Gasteiger partial charge >= 0.3 is 11.9 Å². The van der Waals surface area contributed by atoms with E-state index in [1.54, 1.807) is 4.57 Å². The highest BCUT2D eigenvalue weighted by molar-refractivity contribution is 5.86. The summed E-state index contributed by atoms with van der Waals surface area (Å²) in [6.45, 7) is 0.151. The predicted molar refractivity (Wildman–Crippen MR) is 105 cm³/mol. The van der Waals surface area contributed by atoms with Crippen LogP contribution in [0, 0.1) is 0 Å².